The van der Waals surface area contributed by atoms with Crippen molar-refractivity contribution in [2.45, 2.75) is 39.2 Å². The molecular weight excluding hydrogens is 226 g/mol. The molecule has 0 spiro atoms. The molecule has 2 amide bonds. The average Bonchev–Trinajstić information content (AvgIpc) is 2.89. The van der Waals surface area contributed by atoms with E-state index in [9.17, 15) is 4.79 Å². The van der Waals surface area contributed by atoms with Gasteiger partial charge in [-0.15, -0.1) is 0 Å². The highest BCUT2D eigenvalue weighted by atomic mass is 16.2. The van der Waals surface area contributed by atoms with Crippen LogP contribution in [0.4, 0.5) is 4.79 Å². The second kappa shape index (κ2) is 5.85. The van der Waals surface area contributed by atoms with Gasteiger partial charge >= 0.3 is 6.03 Å². The summed E-state index contributed by atoms with van der Waals surface area (Å²) in [4.78, 5) is 18.3. The summed E-state index contributed by atoms with van der Waals surface area (Å²) in [6.45, 7) is 5.87. The first kappa shape index (κ1) is 12.9. The minimum Gasteiger partial charge on any atom is -0.330 e. The van der Waals surface area contributed by atoms with Gasteiger partial charge in [-0.25, -0.2) is 4.79 Å². The minimum absolute atomic E-state index is 0.0120. The first-order valence-corrected chi connectivity index (χ1v) is 6.68. The van der Waals surface area contributed by atoms with Crippen molar-refractivity contribution in [3.63, 3.8) is 0 Å². The Morgan fingerprint density at radius 3 is 2.83 bits per heavy atom. The normalized spacial score (nSPS) is 16.7. The third-order valence-corrected chi connectivity index (χ3v) is 3.39. The fraction of sp³-hybridized carbons (Fsp3) is 0.571. The van der Waals surface area contributed by atoms with Gasteiger partial charge in [0.05, 0.1) is 11.7 Å². The second-order valence-electron chi connectivity index (χ2n) is 4.86. The third kappa shape index (κ3) is 3.00. The molecule has 0 aliphatic carbocycles. The maximum absolute atomic E-state index is 12.1. The Kier molecular flexibility index (Phi) is 4.18. The van der Waals surface area contributed by atoms with Gasteiger partial charge < -0.3 is 10.2 Å². The number of carbonyl (C=O) groups is 1. The standard InChI is InChI=1S/C14H21N3O/c1-3-12(13-10-11(2)6-7-15-13)16-14(18)17-8-4-5-9-17/h6-7,10,12H,3-5,8-9H2,1-2H3,(H,16,18)/t12-/m0/s1. The van der Waals surface area contributed by atoms with Gasteiger partial charge in [-0.05, 0) is 43.9 Å². The molecule has 0 saturated carbocycles. The van der Waals surface area contributed by atoms with Gasteiger partial charge in [0.1, 0.15) is 0 Å². The maximum atomic E-state index is 12.1. The van der Waals surface area contributed by atoms with Crippen LogP contribution in [0.5, 0.6) is 0 Å². The number of amides is 2. The van der Waals surface area contributed by atoms with Crippen LogP contribution in [0.25, 0.3) is 0 Å². The lowest BCUT2D eigenvalue weighted by molar-refractivity contribution is 0.204. The van der Waals surface area contributed by atoms with Crippen molar-refractivity contribution in [1.29, 1.82) is 0 Å². The Morgan fingerprint density at radius 1 is 1.50 bits per heavy atom. The van der Waals surface area contributed by atoms with Crippen molar-refractivity contribution in [1.82, 2.24) is 15.2 Å². The summed E-state index contributed by atoms with van der Waals surface area (Å²) in [7, 11) is 0. The molecule has 98 valence electrons. The molecule has 1 saturated heterocycles. The number of likely N-dealkylation sites (tertiary alicyclic amines) is 1. The Morgan fingerprint density at radius 2 is 2.22 bits per heavy atom. The van der Waals surface area contributed by atoms with E-state index in [-0.39, 0.29) is 12.1 Å². The SMILES string of the molecule is CC[C@H](NC(=O)N1CCCC1)c1cc(C)ccn1. The number of aryl methyl sites for hydroxylation is 1. The Hall–Kier alpha value is -1.58. The highest BCUT2D eigenvalue weighted by Crippen LogP contribution is 2.16. The van der Waals surface area contributed by atoms with Gasteiger partial charge in [-0.1, -0.05) is 6.92 Å². The van der Waals surface area contributed by atoms with Crippen molar-refractivity contribution in [2.75, 3.05) is 13.1 Å². The molecule has 1 aromatic heterocycles. The molecule has 1 fully saturated rings. The van der Waals surface area contributed by atoms with Gasteiger partial charge in [-0.3, -0.25) is 4.98 Å². The zero-order valence-corrected chi connectivity index (χ0v) is 11.1. The lowest BCUT2D eigenvalue weighted by atomic mass is 10.1. The first-order valence-electron chi connectivity index (χ1n) is 6.68. The second-order valence-corrected chi connectivity index (χ2v) is 4.86. The molecule has 0 radical (unpaired) electrons. The predicted molar refractivity (Wildman–Crippen MR) is 71.3 cm³/mol. The van der Waals surface area contributed by atoms with E-state index in [4.69, 9.17) is 0 Å². The van der Waals surface area contributed by atoms with E-state index in [0.717, 1.165) is 38.0 Å². The number of carbonyl (C=O) groups excluding carboxylic acids is 1. The molecule has 2 heterocycles. The summed E-state index contributed by atoms with van der Waals surface area (Å²) < 4.78 is 0. The third-order valence-electron chi connectivity index (χ3n) is 3.39. The predicted octanol–water partition coefficient (Wildman–Crippen LogP) is 2.65. The average molecular weight is 247 g/mol. The number of hydrogen-bond acceptors (Lipinski definition) is 2. The number of pyridine rings is 1. The van der Waals surface area contributed by atoms with Gasteiger partial charge in [0.15, 0.2) is 0 Å². The summed E-state index contributed by atoms with van der Waals surface area (Å²) in [5, 5.41) is 3.08. The number of rotatable bonds is 3. The zero-order valence-electron chi connectivity index (χ0n) is 11.1. The van der Waals surface area contributed by atoms with Crippen LogP contribution >= 0.6 is 0 Å². The van der Waals surface area contributed by atoms with Gasteiger partial charge in [0, 0.05) is 19.3 Å². The molecular formula is C14H21N3O. The minimum atomic E-state index is 0.0120. The van der Waals surface area contributed by atoms with Crippen molar-refractivity contribution in [3.8, 4) is 0 Å². The molecule has 4 nitrogen and oxygen atoms in total. The lowest BCUT2D eigenvalue weighted by Crippen LogP contribution is -2.40. The van der Waals surface area contributed by atoms with E-state index in [1.807, 2.05) is 24.0 Å². The molecule has 18 heavy (non-hydrogen) atoms. The molecule has 1 atom stereocenters. The van der Waals surface area contributed by atoms with E-state index in [0.29, 0.717) is 0 Å². The number of urea groups is 1. The van der Waals surface area contributed by atoms with E-state index in [2.05, 4.69) is 17.2 Å². The first-order chi connectivity index (χ1) is 8.70. The molecule has 0 bridgehead atoms. The van der Waals surface area contributed by atoms with Gasteiger partial charge in [0.2, 0.25) is 0 Å². The largest absolute Gasteiger partial charge is 0.330 e. The molecule has 1 aliphatic heterocycles. The van der Waals surface area contributed by atoms with Crippen LogP contribution in [0.1, 0.15) is 43.5 Å². The number of hydrogen-bond donors (Lipinski definition) is 1. The number of nitrogens with one attached hydrogen (secondary N) is 1. The molecule has 1 aliphatic rings. The molecule has 1 N–H and O–H groups in total. The summed E-state index contributed by atoms with van der Waals surface area (Å²) in [6.07, 6.45) is 4.89. The Bertz CT molecular complexity index is 413. The van der Waals surface area contributed by atoms with Crippen LogP contribution < -0.4 is 5.32 Å². The van der Waals surface area contributed by atoms with Crippen LogP contribution in [0.15, 0.2) is 18.3 Å². The van der Waals surface area contributed by atoms with Crippen LogP contribution in [0.2, 0.25) is 0 Å². The number of nitrogens with zero attached hydrogens (tertiary/aromatic N) is 2. The highest BCUT2D eigenvalue weighted by molar-refractivity contribution is 5.74. The fourth-order valence-corrected chi connectivity index (χ4v) is 2.30. The summed E-state index contributed by atoms with van der Waals surface area (Å²) in [5.74, 6) is 0. The van der Waals surface area contributed by atoms with Crippen molar-refractivity contribution in [3.05, 3.63) is 29.6 Å². The molecule has 1 aromatic rings. The van der Waals surface area contributed by atoms with E-state index in [1.54, 1.807) is 6.20 Å². The smallest absolute Gasteiger partial charge is 0.317 e. The fourth-order valence-electron chi connectivity index (χ4n) is 2.30. The van der Waals surface area contributed by atoms with E-state index < -0.39 is 0 Å². The van der Waals surface area contributed by atoms with E-state index in [1.165, 1.54) is 5.56 Å². The maximum Gasteiger partial charge on any atom is 0.317 e. The van der Waals surface area contributed by atoms with E-state index >= 15 is 0 Å². The summed E-state index contributed by atoms with van der Waals surface area (Å²) in [6, 6.07) is 4.07. The van der Waals surface area contributed by atoms with Crippen LogP contribution in [0, 0.1) is 6.92 Å². The van der Waals surface area contributed by atoms with Crippen molar-refractivity contribution in [2.24, 2.45) is 0 Å². The Balaban J connectivity index is 2.02. The summed E-state index contributed by atoms with van der Waals surface area (Å²) in [5.41, 5.74) is 2.12. The molecule has 2 rings (SSSR count). The summed E-state index contributed by atoms with van der Waals surface area (Å²) >= 11 is 0. The molecule has 4 heteroatoms. The van der Waals surface area contributed by atoms with Crippen molar-refractivity contribution >= 4 is 6.03 Å². The van der Waals surface area contributed by atoms with Crippen LogP contribution in [-0.4, -0.2) is 29.0 Å². The molecule has 0 unspecified atom stereocenters. The van der Waals surface area contributed by atoms with Gasteiger partial charge in [0.25, 0.3) is 0 Å². The van der Waals surface area contributed by atoms with Crippen molar-refractivity contribution < 1.29 is 4.79 Å². The topological polar surface area (TPSA) is 45.2 Å². The number of aromatic nitrogens is 1. The van der Waals surface area contributed by atoms with Crippen LogP contribution in [-0.2, 0) is 0 Å². The highest BCUT2D eigenvalue weighted by Gasteiger charge is 2.21. The zero-order chi connectivity index (χ0) is 13.0. The monoisotopic (exact) mass is 247 g/mol. The molecule has 0 aromatic carbocycles. The quantitative estimate of drug-likeness (QED) is 0.892. The Labute approximate surface area is 108 Å². The van der Waals surface area contributed by atoms with Gasteiger partial charge in [-0.2, -0.15) is 0 Å². The van der Waals surface area contributed by atoms with Crippen LogP contribution in [0.3, 0.4) is 0 Å². The lowest BCUT2D eigenvalue weighted by Gasteiger charge is -2.22.